The molecule has 0 saturated carbocycles. The highest BCUT2D eigenvalue weighted by Gasteiger charge is 2.44. The average Bonchev–Trinajstić information content (AvgIpc) is 3.32. The molecule has 388 valence electrons. The Bertz CT molecular complexity index is 1170. The van der Waals surface area contributed by atoms with Gasteiger partial charge in [-0.25, -0.2) is 0 Å². The van der Waals surface area contributed by atoms with E-state index in [1.807, 2.05) is 0 Å². The molecule has 0 bridgehead atoms. The van der Waals surface area contributed by atoms with Gasteiger partial charge in [0.15, 0.2) is 6.29 Å². The molecule has 11 nitrogen and oxygen atoms in total. The van der Waals surface area contributed by atoms with Gasteiger partial charge in [-0.1, -0.05) is 198 Å². The van der Waals surface area contributed by atoms with E-state index in [1.54, 1.807) is 0 Å². The molecule has 9 unspecified atom stereocenters. The quantitative estimate of drug-likeness (QED) is 0.0215. The van der Waals surface area contributed by atoms with Gasteiger partial charge in [0.05, 0.1) is 25.4 Å². The molecule has 0 aromatic rings. The first-order valence-corrected chi connectivity index (χ1v) is 27.4. The van der Waals surface area contributed by atoms with Gasteiger partial charge in [-0.2, -0.15) is 0 Å². The lowest BCUT2D eigenvalue weighted by molar-refractivity contribution is -0.303. The number of aliphatic hydroxyl groups is 7. The summed E-state index contributed by atoms with van der Waals surface area (Å²) in [6.45, 7) is 3.43. The number of rotatable bonds is 46. The van der Waals surface area contributed by atoms with Gasteiger partial charge in [0.2, 0.25) is 5.91 Å². The van der Waals surface area contributed by atoms with Gasteiger partial charge in [-0.15, -0.1) is 0 Å². The molecule has 11 heteroatoms. The van der Waals surface area contributed by atoms with E-state index in [4.69, 9.17) is 9.47 Å². The van der Waals surface area contributed by atoms with Crippen molar-refractivity contribution < 1.29 is 50.0 Å². The first kappa shape index (κ1) is 62.3. The molecule has 0 aromatic heterocycles. The number of amides is 1. The fourth-order valence-electron chi connectivity index (χ4n) is 8.63. The molecule has 1 aliphatic rings. The highest BCUT2D eigenvalue weighted by molar-refractivity contribution is 5.80. The third-order valence-electron chi connectivity index (χ3n) is 13.1. The highest BCUT2D eigenvalue weighted by Crippen LogP contribution is 2.23. The molecule has 1 aliphatic heterocycles. The van der Waals surface area contributed by atoms with E-state index in [1.165, 1.54) is 148 Å². The Morgan fingerprint density at radius 3 is 1.35 bits per heavy atom. The van der Waals surface area contributed by atoms with Crippen molar-refractivity contribution in [3.8, 4) is 0 Å². The van der Waals surface area contributed by atoms with Crippen LogP contribution in [0.25, 0.3) is 0 Å². The second kappa shape index (κ2) is 44.5. The zero-order valence-electron chi connectivity index (χ0n) is 42.2. The van der Waals surface area contributed by atoms with Crippen molar-refractivity contribution in [2.45, 2.75) is 294 Å². The summed E-state index contributed by atoms with van der Waals surface area (Å²) >= 11 is 0. The molecule has 1 saturated heterocycles. The number of hydrogen-bond donors (Lipinski definition) is 8. The minimum atomic E-state index is -1.67. The second-order valence-corrected chi connectivity index (χ2v) is 19.3. The fraction of sp³-hybridized carbons (Fsp3) is 0.873. The molecule has 66 heavy (non-hydrogen) atoms. The predicted molar refractivity (Wildman–Crippen MR) is 270 cm³/mol. The SMILES string of the molecule is CCCCCCCC/C=C/CC/C=C/CCCC(O)C(O)C(COC1OC(CO)C(O)C(O)C1O)NC(=O)C(O)CCCCCCCCCC/C=C\CCCCCCCCCCCCCC. The molecule has 9 atom stereocenters. The first-order valence-electron chi connectivity index (χ1n) is 27.4. The standard InChI is InChI=1S/C55H103NO10/c1-3-5-7-9-11-13-15-17-19-20-21-22-23-24-25-26-27-29-31-33-35-37-39-41-43-48(59)54(64)56-46(45-65-55-53(63)52(62)51(61)49(44-57)66-55)50(60)47(58)42-40-38-36-34-32-30-28-18-16-14-12-10-8-6-4-2/h18,24-25,28,34,36,46-53,55,57-63H,3-17,19-23,26-27,29-33,35,37-45H2,1-2H3,(H,56,64)/b25-24-,28-18+,36-34+. The minimum absolute atomic E-state index is 0.245. The van der Waals surface area contributed by atoms with Gasteiger partial charge in [-0.3, -0.25) is 4.79 Å². The summed E-state index contributed by atoms with van der Waals surface area (Å²) in [6, 6.07) is -1.19. The molecular weight excluding hydrogens is 835 g/mol. The van der Waals surface area contributed by atoms with Crippen LogP contribution < -0.4 is 5.32 Å². The maximum absolute atomic E-state index is 13.1. The third kappa shape index (κ3) is 33.0. The zero-order valence-corrected chi connectivity index (χ0v) is 42.2. The molecule has 0 spiro atoms. The molecule has 1 fully saturated rings. The molecule has 8 N–H and O–H groups in total. The Labute approximate surface area is 403 Å². The minimum Gasteiger partial charge on any atom is -0.394 e. The summed E-state index contributed by atoms with van der Waals surface area (Å²) in [4.78, 5) is 13.1. The van der Waals surface area contributed by atoms with Crippen LogP contribution in [-0.4, -0.2) is 110 Å². The van der Waals surface area contributed by atoms with Crippen molar-refractivity contribution in [1.82, 2.24) is 5.32 Å². The van der Waals surface area contributed by atoms with Gasteiger partial charge in [0, 0.05) is 0 Å². The summed E-state index contributed by atoms with van der Waals surface area (Å²) < 4.78 is 11.1. The van der Waals surface area contributed by atoms with Crippen LogP contribution in [0, 0.1) is 0 Å². The molecule has 0 radical (unpaired) electrons. The van der Waals surface area contributed by atoms with E-state index in [0.29, 0.717) is 19.3 Å². The fourth-order valence-corrected chi connectivity index (χ4v) is 8.63. The molecule has 1 rings (SSSR count). The van der Waals surface area contributed by atoms with Gasteiger partial charge in [-0.05, 0) is 77.0 Å². The zero-order chi connectivity index (χ0) is 48.3. The van der Waals surface area contributed by atoms with Crippen molar-refractivity contribution in [3.63, 3.8) is 0 Å². The first-order chi connectivity index (χ1) is 32.2. The van der Waals surface area contributed by atoms with E-state index in [0.717, 1.165) is 44.9 Å². The monoisotopic (exact) mass is 938 g/mol. The van der Waals surface area contributed by atoms with Crippen molar-refractivity contribution in [3.05, 3.63) is 36.5 Å². The van der Waals surface area contributed by atoms with E-state index < -0.39 is 74.2 Å². The van der Waals surface area contributed by atoms with Gasteiger partial charge in [0.1, 0.15) is 36.6 Å². The number of carbonyl (C=O) groups is 1. The Kier molecular flexibility index (Phi) is 42.1. The Morgan fingerprint density at radius 1 is 0.515 bits per heavy atom. The van der Waals surface area contributed by atoms with Crippen molar-refractivity contribution in [2.75, 3.05) is 13.2 Å². The number of allylic oxidation sites excluding steroid dienone is 6. The number of unbranched alkanes of at least 4 members (excludes halogenated alkanes) is 28. The van der Waals surface area contributed by atoms with Crippen LogP contribution in [0.4, 0.5) is 0 Å². The van der Waals surface area contributed by atoms with Crippen molar-refractivity contribution in [1.29, 1.82) is 0 Å². The van der Waals surface area contributed by atoms with E-state index in [-0.39, 0.29) is 12.8 Å². The van der Waals surface area contributed by atoms with Crippen LogP contribution in [0.15, 0.2) is 36.5 Å². The Hall–Kier alpha value is -1.67. The largest absolute Gasteiger partial charge is 0.394 e. The van der Waals surface area contributed by atoms with Crippen LogP contribution in [0.1, 0.15) is 239 Å². The summed E-state index contributed by atoms with van der Waals surface area (Å²) in [5, 5.41) is 75.9. The highest BCUT2D eigenvalue weighted by atomic mass is 16.7. The van der Waals surface area contributed by atoms with E-state index in [2.05, 4.69) is 55.6 Å². The van der Waals surface area contributed by atoms with Crippen LogP contribution in [-0.2, 0) is 14.3 Å². The second-order valence-electron chi connectivity index (χ2n) is 19.3. The van der Waals surface area contributed by atoms with Crippen LogP contribution in [0.5, 0.6) is 0 Å². The topological polar surface area (TPSA) is 189 Å². The van der Waals surface area contributed by atoms with Crippen molar-refractivity contribution in [2.24, 2.45) is 0 Å². The Balaban J connectivity index is 2.35. The van der Waals surface area contributed by atoms with E-state index >= 15 is 0 Å². The van der Waals surface area contributed by atoms with Crippen molar-refractivity contribution >= 4 is 5.91 Å². The number of carbonyl (C=O) groups excluding carboxylic acids is 1. The number of hydrogen-bond acceptors (Lipinski definition) is 10. The average molecular weight is 938 g/mol. The molecule has 0 aromatic carbocycles. The predicted octanol–water partition coefficient (Wildman–Crippen LogP) is 10.7. The third-order valence-corrected chi connectivity index (χ3v) is 13.1. The number of aliphatic hydroxyl groups excluding tert-OH is 7. The lowest BCUT2D eigenvalue weighted by Gasteiger charge is -2.40. The van der Waals surface area contributed by atoms with E-state index in [9.17, 15) is 40.5 Å². The summed E-state index contributed by atoms with van der Waals surface area (Å²) in [7, 11) is 0. The van der Waals surface area contributed by atoms with Crippen LogP contribution in [0.2, 0.25) is 0 Å². The van der Waals surface area contributed by atoms with Crippen LogP contribution >= 0.6 is 0 Å². The molecule has 0 aliphatic carbocycles. The van der Waals surface area contributed by atoms with Gasteiger partial charge < -0.3 is 50.5 Å². The normalized spacial score (nSPS) is 21.0. The molecule has 1 heterocycles. The maximum atomic E-state index is 13.1. The summed E-state index contributed by atoms with van der Waals surface area (Å²) in [6.07, 6.45) is 42.0. The van der Waals surface area contributed by atoms with Gasteiger partial charge >= 0.3 is 0 Å². The molecular formula is C55H103NO10. The summed E-state index contributed by atoms with van der Waals surface area (Å²) in [5.41, 5.74) is 0. The summed E-state index contributed by atoms with van der Waals surface area (Å²) in [5.74, 6) is -0.712. The molecule has 1 amide bonds. The van der Waals surface area contributed by atoms with Gasteiger partial charge in [0.25, 0.3) is 0 Å². The lowest BCUT2D eigenvalue weighted by atomic mass is 9.98. The number of nitrogens with one attached hydrogen (secondary N) is 1. The maximum Gasteiger partial charge on any atom is 0.249 e. The Morgan fingerprint density at radius 2 is 0.909 bits per heavy atom. The van der Waals surface area contributed by atoms with Crippen LogP contribution in [0.3, 0.4) is 0 Å². The smallest absolute Gasteiger partial charge is 0.249 e. The number of ether oxygens (including phenoxy) is 2. The lowest BCUT2D eigenvalue weighted by Crippen LogP contribution is -2.60.